The molecule has 7 aromatic rings. The number of aromatic nitrogens is 2. The Morgan fingerprint density at radius 2 is 1.09 bits per heavy atom. The van der Waals surface area contributed by atoms with Gasteiger partial charge in [0.1, 0.15) is 0 Å². The molecule has 35 heavy (non-hydrogen) atoms. The number of hydrogen-bond acceptors (Lipinski definition) is 0. The Bertz CT molecular complexity index is 1740. The summed E-state index contributed by atoms with van der Waals surface area (Å²) in [6.07, 6.45) is 3.61. The van der Waals surface area contributed by atoms with Crippen molar-refractivity contribution in [3.63, 3.8) is 0 Å². The van der Waals surface area contributed by atoms with Crippen molar-refractivity contribution in [2.45, 2.75) is 0 Å². The molecule has 163 valence electrons. The van der Waals surface area contributed by atoms with Gasteiger partial charge in [0.05, 0.1) is 0 Å². The van der Waals surface area contributed by atoms with Crippen LogP contribution in [0.25, 0.3) is 55.2 Å². The van der Waals surface area contributed by atoms with Gasteiger partial charge in [-0.15, -0.1) is 5.69 Å². The molecule has 0 unspecified atom stereocenters. The molecule has 3 heteroatoms. The third-order valence-electron chi connectivity index (χ3n) is 6.56. The molecule has 0 bridgehead atoms. The molecule has 7 rings (SSSR count). The summed E-state index contributed by atoms with van der Waals surface area (Å²) in [5.41, 5.74) is 7.88. The summed E-state index contributed by atoms with van der Waals surface area (Å²) in [5, 5.41) is 3.72. The standard InChI is InChI=1S/C32H20N2.Y/c1-2-10-23(11-3-1)29-22-33(30-15-7-4-14-28(29)30)24-18-20-25(21-19-24)34-31-16-8-5-12-26(31)27-13-6-9-17-32(27)34;/h1-18,20-21H;/q-2;. The Labute approximate surface area is 229 Å². The SMILES string of the molecule is [Y].[c-]1cc(-n2c3ccccc3c3ccccc32)ccc1-n1[c-]c(-c2ccccc2)c2ccccc21. The summed E-state index contributed by atoms with van der Waals surface area (Å²) in [6.45, 7) is 0. The average Bonchev–Trinajstić information content (AvgIpc) is 3.46. The van der Waals surface area contributed by atoms with Gasteiger partial charge in [0, 0.05) is 54.5 Å². The third kappa shape index (κ3) is 3.57. The van der Waals surface area contributed by atoms with E-state index in [1.165, 1.54) is 32.8 Å². The van der Waals surface area contributed by atoms with Gasteiger partial charge in [-0.05, 0) is 23.8 Å². The van der Waals surface area contributed by atoms with Crippen LogP contribution in [0.15, 0.2) is 121 Å². The van der Waals surface area contributed by atoms with E-state index in [0.717, 1.165) is 22.5 Å². The molecule has 2 heterocycles. The first-order valence-electron chi connectivity index (χ1n) is 11.5. The summed E-state index contributed by atoms with van der Waals surface area (Å²) in [7, 11) is 0. The first-order chi connectivity index (χ1) is 16.9. The van der Waals surface area contributed by atoms with Crippen molar-refractivity contribution in [3.05, 3.63) is 134 Å². The van der Waals surface area contributed by atoms with Crippen molar-refractivity contribution in [3.8, 4) is 22.5 Å². The first-order valence-corrected chi connectivity index (χ1v) is 11.5. The second-order valence-corrected chi connectivity index (χ2v) is 8.51. The van der Waals surface area contributed by atoms with Crippen molar-refractivity contribution >= 4 is 32.7 Å². The van der Waals surface area contributed by atoms with Gasteiger partial charge in [0.2, 0.25) is 0 Å². The molecule has 0 saturated heterocycles. The zero-order chi connectivity index (χ0) is 22.5. The van der Waals surface area contributed by atoms with Crippen LogP contribution in [0.1, 0.15) is 0 Å². The Balaban J connectivity index is 0.00000229. The minimum Gasteiger partial charge on any atom is -0.439 e. The smallest absolute Gasteiger partial charge is 0.0425 e. The Morgan fingerprint density at radius 3 is 1.71 bits per heavy atom. The van der Waals surface area contributed by atoms with E-state index in [1.54, 1.807) is 0 Å². The molecule has 0 fully saturated rings. The summed E-state index contributed by atoms with van der Waals surface area (Å²) in [5.74, 6) is 0. The molecule has 5 aromatic carbocycles. The van der Waals surface area contributed by atoms with Crippen molar-refractivity contribution in [1.29, 1.82) is 0 Å². The van der Waals surface area contributed by atoms with E-state index in [9.17, 15) is 0 Å². The van der Waals surface area contributed by atoms with E-state index < -0.39 is 0 Å². The molecule has 0 spiro atoms. The fourth-order valence-electron chi connectivity index (χ4n) is 5.01. The quantitative estimate of drug-likeness (QED) is 0.209. The minimum atomic E-state index is 0. The van der Waals surface area contributed by atoms with Crippen LogP contribution in [0.2, 0.25) is 0 Å². The largest absolute Gasteiger partial charge is 0.439 e. The van der Waals surface area contributed by atoms with Crippen LogP contribution in [-0.2, 0) is 32.7 Å². The van der Waals surface area contributed by atoms with E-state index in [0.29, 0.717) is 0 Å². The molecule has 0 aliphatic heterocycles. The van der Waals surface area contributed by atoms with Gasteiger partial charge in [-0.3, -0.25) is 0 Å². The molecule has 2 aromatic heterocycles. The van der Waals surface area contributed by atoms with Crippen LogP contribution in [0.5, 0.6) is 0 Å². The van der Waals surface area contributed by atoms with Crippen LogP contribution in [0, 0.1) is 12.3 Å². The Kier molecular flexibility index (Phi) is 5.64. The van der Waals surface area contributed by atoms with Crippen LogP contribution in [-0.4, -0.2) is 9.13 Å². The van der Waals surface area contributed by atoms with E-state index in [2.05, 4.69) is 137 Å². The maximum absolute atomic E-state index is 3.61. The van der Waals surface area contributed by atoms with Gasteiger partial charge in [-0.25, -0.2) is 0 Å². The summed E-state index contributed by atoms with van der Waals surface area (Å²) < 4.78 is 4.44. The molecule has 0 amide bonds. The molecule has 0 saturated carbocycles. The Morgan fingerprint density at radius 1 is 0.514 bits per heavy atom. The normalized spacial score (nSPS) is 11.2. The van der Waals surface area contributed by atoms with Crippen LogP contribution in [0.3, 0.4) is 0 Å². The molecule has 0 aliphatic carbocycles. The van der Waals surface area contributed by atoms with Crippen molar-refractivity contribution in [2.24, 2.45) is 0 Å². The van der Waals surface area contributed by atoms with Gasteiger partial charge < -0.3 is 9.13 Å². The van der Waals surface area contributed by atoms with Crippen molar-refractivity contribution in [1.82, 2.24) is 9.13 Å². The number of nitrogens with zero attached hydrogens (tertiary/aromatic N) is 2. The monoisotopic (exact) mass is 521 g/mol. The molecular weight excluding hydrogens is 501 g/mol. The van der Waals surface area contributed by atoms with Gasteiger partial charge in [0.15, 0.2) is 0 Å². The number of fused-ring (bicyclic) bond motifs is 4. The third-order valence-corrected chi connectivity index (χ3v) is 6.56. The molecule has 0 N–H and O–H groups in total. The van der Waals surface area contributed by atoms with Gasteiger partial charge in [0.25, 0.3) is 0 Å². The average molecular weight is 521 g/mol. The molecule has 0 aliphatic rings. The minimum absolute atomic E-state index is 0. The summed E-state index contributed by atoms with van der Waals surface area (Å²) in [4.78, 5) is 0. The Hall–Kier alpha value is -3.46. The van der Waals surface area contributed by atoms with Crippen molar-refractivity contribution < 1.29 is 32.7 Å². The van der Waals surface area contributed by atoms with E-state index >= 15 is 0 Å². The molecule has 1 radical (unpaired) electrons. The maximum Gasteiger partial charge on any atom is 0.0425 e. The second kappa shape index (κ2) is 8.96. The molecular formula is C32H20N2Y-2. The van der Waals surface area contributed by atoms with Gasteiger partial charge in [-0.1, -0.05) is 113 Å². The topological polar surface area (TPSA) is 9.86 Å². The zero-order valence-electron chi connectivity index (χ0n) is 19.0. The number of rotatable bonds is 3. The summed E-state index contributed by atoms with van der Waals surface area (Å²) in [6, 6.07) is 46.0. The predicted octanol–water partition coefficient (Wildman–Crippen LogP) is 7.99. The number of para-hydroxylation sites is 3. The number of hydrogen-bond donors (Lipinski definition) is 0. The van der Waals surface area contributed by atoms with Crippen LogP contribution in [0.4, 0.5) is 0 Å². The summed E-state index contributed by atoms with van der Waals surface area (Å²) >= 11 is 0. The van der Waals surface area contributed by atoms with E-state index in [4.69, 9.17) is 0 Å². The zero-order valence-corrected chi connectivity index (χ0v) is 21.9. The van der Waals surface area contributed by atoms with E-state index in [1.807, 2.05) is 6.07 Å². The van der Waals surface area contributed by atoms with Crippen molar-refractivity contribution in [2.75, 3.05) is 0 Å². The fraction of sp³-hybridized carbons (Fsp3) is 0. The first kappa shape index (κ1) is 22.0. The second-order valence-electron chi connectivity index (χ2n) is 8.51. The van der Waals surface area contributed by atoms with Gasteiger partial charge >= 0.3 is 0 Å². The fourth-order valence-corrected chi connectivity index (χ4v) is 5.01. The van der Waals surface area contributed by atoms with E-state index in [-0.39, 0.29) is 32.7 Å². The van der Waals surface area contributed by atoms with Crippen LogP contribution < -0.4 is 0 Å². The maximum atomic E-state index is 3.61. The number of benzene rings is 5. The molecule has 2 nitrogen and oxygen atoms in total. The van der Waals surface area contributed by atoms with Gasteiger partial charge in [-0.2, -0.15) is 24.3 Å². The molecule has 0 atom stereocenters. The predicted molar refractivity (Wildman–Crippen MR) is 141 cm³/mol. The van der Waals surface area contributed by atoms with Crippen LogP contribution >= 0.6 is 0 Å².